The van der Waals surface area contributed by atoms with E-state index in [-0.39, 0.29) is 0 Å². The number of nitrogen functional groups attached to an aromatic ring is 1. The Kier molecular flexibility index (Phi) is 2.89. The van der Waals surface area contributed by atoms with Gasteiger partial charge < -0.3 is 10.5 Å². The molecule has 0 bridgehead atoms. The number of nitrogens with zero attached hydrogens (tertiary/aromatic N) is 1. The lowest BCUT2D eigenvalue weighted by atomic mass is 10.1. The van der Waals surface area contributed by atoms with Crippen molar-refractivity contribution in [1.29, 1.82) is 0 Å². The van der Waals surface area contributed by atoms with E-state index >= 15 is 0 Å². The standard InChI is InChI=1S/C17H14N2OS/c18-16-15(13-6-7-14-12(10-13)8-9-20-14)19-17(21-16)11-4-2-1-3-5-11/h1-7,10H,8-9,18H2. The highest BCUT2D eigenvalue weighted by atomic mass is 32.1. The molecular weight excluding hydrogens is 280 g/mol. The van der Waals surface area contributed by atoms with Gasteiger partial charge in [-0.2, -0.15) is 0 Å². The van der Waals surface area contributed by atoms with Gasteiger partial charge in [-0.25, -0.2) is 4.98 Å². The number of fused-ring (bicyclic) bond motifs is 1. The molecule has 3 nitrogen and oxygen atoms in total. The molecule has 3 aromatic rings. The average Bonchev–Trinajstić information content (AvgIpc) is 3.13. The lowest BCUT2D eigenvalue weighted by Crippen LogP contribution is -1.87. The van der Waals surface area contributed by atoms with Crippen LogP contribution in [0.1, 0.15) is 5.56 Å². The molecule has 21 heavy (non-hydrogen) atoms. The summed E-state index contributed by atoms with van der Waals surface area (Å²) in [4.78, 5) is 4.73. The van der Waals surface area contributed by atoms with Gasteiger partial charge in [0.25, 0.3) is 0 Å². The van der Waals surface area contributed by atoms with E-state index in [2.05, 4.69) is 18.2 Å². The van der Waals surface area contributed by atoms with Crippen LogP contribution >= 0.6 is 11.3 Å². The van der Waals surface area contributed by atoms with Crippen LogP contribution in [0.4, 0.5) is 5.00 Å². The second-order valence-corrected chi connectivity index (χ2v) is 6.05. The van der Waals surface area contributed by atoms with Gasteiger partial charge in [-0.05, 0) is 23.8 Å². The Morgan fingerprint density at radius 3 is 2.76 bits per heavy atom. The first-order valence-electron chi connectivity index (χ1n) is 6.89. The highest BCUT2D eigenvalue weighted by Gasteiger charge is 2.16. The average molecular weight is 294 g/mol. The minimum atomic E-state index is 0.757. The van der Waals surface area contributed by atoms with Crippen molar-refractivity contribution in [2.75, 3.05) is 12.3 Å². The fraction of sp³-hybridized carbons (Fsp3) is 0.118. The molecule has 0 amide bonds. The molecule has 2 heterocycles. The summed E-state index contributed by atoms with van der Waals surface area (Å²) in [6, 6.07) is 16.3. The Bertz CT molecular complexity index is 796. The molecule has 0 saturated carbocycles. The number of hydrogen-bond donors (Lipinski definition) is 1. The number of anilines is 1. The molecule has 4 heteroatoms. The molecule has 1 aromatic heterocycles. The third-order valence-electron chi connectivity index (χ3n) is 3.64. The Morgan fingerprint density at radius 1 is 1.05 bits per heavy atom. The molecule has 0 fully saturated rings. The Morgan fingerprint density at radius 2 is 1.90 bits per heavy atom. The number of thiazole rings is 1. The maximum Gasteiger partial charge on any atom is 0.126 e. The van der Waals surface area contributed by atoms with E-state index in [4.69, 9.17) is 15.5 Å². The van der Waals surface area contributed by atoms with Crippen molar-refractivity contribution in [3.05, 3.63) is 54.1 Å². The van der Waals surface area contributed by atoms with E-state index in [0.29, 0.717) is 0 Å². The summed E-state index contributed by atoms with van der Waals surface area (Å²) >= 11 is 1.53. The quantitative estimate of drug-likeness (QED) is 0.777. The Labute approximate surface area is 127 Å². The Hall–Kier alpha value is -2.33. The molecule has 4 rings (SSSR count). The van der Waals surface area contributed by atoms with Gasteiger partial charge in [0.1, 0.15) is 21.5 Å². The van der Waals surface area contributed by atoms with Crippen molar-refractivity contribution in [3.63, 3.8) is 0 Å². The molecule has 104 valence electrons. The first kappa shape index (κ1) is 12.4. The van der Waals surface area contributed by atoms with Crippen LogP contribution in [-0.2, 0) is 6.42 Å². The largest absolute Gasteiger partial charge is 0.493 e. The molecule has 0 saturated heterocycles. The number of ether oxygens (including phenoxy) is 1. The number of benzene rings is 2. The zero-order chi connectivity index (χ0) is 14.2. The predicted octanol–water partition coefficient (Wildman–Crippen LogP) is 3.99. The van der Waals surface area contributed by atoms with Crippen LogP contribution < -0.4 is 10.5 Å². The van der Waals surface area contributed by atoms with Crippen molar-refractivity contribution in [2.24, 2.45) is 0 Å². The van der Waals surface area contributed by atoms with E-state index in [1.165, 1.54) is 16.9 Å². The number of aromatic nitrogens is 1. The van der Waals surface area contributed by atoms with Crippen molar-refractivity contribution in [3.8, 4) is 27.6 Å². The van der Waals surface area contributed by atoms with E-state index in [0.717, 1.165) is 45.6 Å². The summed E-state index contributed by atoms with van der Waals surface area (Å²) in [5.41, 5.74) is 10.5. The minimum Gasteiger partial charge on any atom is -0.493 e. The van der Waals surface area contributed by atoms with Crippen LogP contribution in [0.25, 0.3) is 21.8 Å². The molecule has 1 aliphatic rings. The zero-order valence-electron chi connectivity index (χ0n) is 11.4. The molecule has 2 aromatic carbocycles. The number of hydrogen-bond acceptors (Lipinski definition) is 4. The maximum absolute atomic E-state index is 6.18. The van der Waals surface area contributed by atoms with Crippen LogP contribution in [0.5, 0.6) is 5.75 Å². The van der Waals surface area contributed by atoms with Gasteiger partial charge in [0.15, 0.2) is 0 Å². The van der Waals surface area contributed by atoms with Crippen LogP contribution in [0.15, 0.2) is 48.5 Å². The molecule has 0 aliphatic carbocycles. The van der Waals surface area contributed by atoms with Crippen LogP contribution in [-0.4, -0.2) is 11.6 Å². The van der Waals surface area contributed by atoms with Gasteiger partial charge in [0.05, 0.1) is 6.61 Å². The first-order valence-corrected chi connectivity index (χ1v) is 7.71. The summed E-state index contributed by atoms with van der Waals surface area (Å²) < 4.78 is 5.55. The van der Waals surface area contributed by atoms with Gasteiger partial charge >= 0.3 is 0 Å². The minimum absolute atomic E-state index is 0.757. The molecule has 2 N–H and O–H groups in total. The number of nitrogens with two attached hydrogens (primary N) is 1. The highest BCUT2D eigenvalue weighted by molar-refractivity contribution is 7.19. The molecule has 0 spiro atoms. The second kappa shape index (κ2) is 4.90. The Balaban J connectivity index is 1.78. The van der Waals surface area contributed by atoms with Crippen molar-refractivity contribution in [1.82, 2.24) is 4.98 Å². The molecule has 1 aliphatic heterocycles. The third kappa shape index (κ3) is 2.17. The van der Waals surface area contributed by atoms with Crippen molar-refractivity contribution >= 4 is 16.3 Å². The van der Waals surface area contributed by atoms with Gasteiger partial charge in [-0.3, -0.25) is 0 Å². The topological polar surface area (TPSA) is 48.1 Å². The molecule has 0 atom stereocenters. The fourth-order valence-corrected chi connectivity index (χ4v) is 3.44. The third-order valence-corrected chi connectivity index (χ3v) is 4.57. The van der Waals surface area contributed by atoms with E-state index < -0.39 is 0 Å². The summed E-state index contributed by atoms with van der Waals surface area (Å²) in [6.45, 7) is 0.764. The molecule has 0 unspecified atom stereocenters. The summed E-state index contributed by atoms with van der Waals surface area (Å²) in [5, 5.41) is 1.72. The van der Waals surface area contributed by atoms with Gasteiger partial charge in [-0.1, -0.05) is 41.7 Å². The normalized spacial score (nSPS) is 13.0. The van der Waals surface area contributed by atoms with Gasteiger partial charge in [0, 0.05) is 17.5 Å². The van der Waals surface area contributed by atoms with Gasteiger partial charge in [0.2, 0.25) is 0 Å². The van der Waals surface area contributed by atoms with E-state index in [9.17, 15) is 0 Å². The smallest absolute Gasteiger partial charge is 0.126 e. The second-order valence-electron chi connectivity index (χ2n) is 5.02. The van der Waals surface area contributed by atoms with Crippen LogP contribution in [0.2, 0.25) is 0 Å². The van der Waals surface area contributed by atoms with Crippen molar-refractivity contribution < 1.29 is 4.74 Å². The lowest BCUT2D eigenvalue weighted by molar-refractivity contribution is 0.357. The van der Waals surface area contributed by atoms with E-state index in [1.54, 1.807) is 0 Å². The van der Waals surface area contributed by atoms with Crippen molar-refractivity contribution in [2.45, 2.75) is 6.42 Å². The van der Waals surface area contributed by atoms with E-state index in [1.807, 2.05) is 30.3 Å². The summed E-state index contributed by atoms with van der Waals surface area (Å²) in [6.07, 6.45) is 0.957. The summed E-state index contributed by atoms with van der Waals surface area (Å²) in [5.74, 6) is 0.982. The van der Waals surface area contributed by atoms with Crippen LogP contribution in [0.3, 0.4) is 0 Å². The predicted molar refractivity (Wildman–Crippen MR) is 86.6 cm³/mol. The lowest BCUT2D eigenvalue weighted by Gasteiger charge is -2.02. The molecular formula is C17H14N2OS. The maximum atomic E-state index is 6.18. The monoisotopic (exact) mass is 294 g/mol. The zero-order valence-corrected chi connectivity index (χ0v) is 12.2. The molecule has 0 radical (unpaired) electrons. The highest BCUT2D eigenvalue weighted by Crippen LogP contribution is 2.38. The van der Waals surface area contributed by atoms with Crippen LogP contribution in [0, 0.1) is 0 Å². The van der Waals surface area contributed by atoms with Gasteiger partial charge in [-0.15, -0.1) is 0 Å². The summed E-state index contributed by atoms with van der Waals surface area (Å²) in [7, 11) is 0. The number of rotatable bonds is 2. The SMILES string of the molecule is Nc1sc(-c2ccccc2)nc1-c1ccc2c(c1)CCO2. The fourth-order valence-electron chi connectivity index (χ4n) is 2.58. The first-order chi connectivity index (χ1) is 10.3.